The number of fused-ring (bicyclic) bond motifs is 2. The van der Waals surface area contributed by atoms with E-state index >= 15 is 0 Å². The molecule has 0 unspecified atom stereocenters. The van der Waals surface area contributed by atoms with Crippen LogP contribution in [-0.4, -0.2) is 25.4 Å². The minimum atomic E-state index is -0.146. The fourth-order valence-electron chi connectivity index (χ4n) is 4.38. The topological polar surface area (TPSA) is 38.7 Å². The van der Waals surface area contributed by atoms with E-state index in [1.807, 2.05) is 12.1 Å². The van der Waals surface area contributed by atoms with Crippen molar-refractivity contribution in [3.8, 4) is 5.75 Å². The molecule has 3 rings (SSSR count). The summed E-state index contributed by atoms with van der Waals surface area (Å²) in [5, 5.41) is 10.0. The van der Waals surface area contributed by atoms with Crippen molar-refractivity contribution in [1.29, 1.82) is 0 Å². The van der Waals surface area contributed by atoms with Gasteiger partial charge in [-0.2, -0.15) is 0 Å². The van der Waals surface area contributed by atoms with Crippen LogP contribution in [0.4, 0.5) is 0 Å². The average Bonchev–Trinajstić information content (AvgIpc) is 2.53. The molecule has 0 spiro atoms. The molecule has 1 N–H and O–H groups in total. The zero-order valence-corrected chi connectivity index (χ0v) is 13.9. The van der Waals surface area contributed by atoms with E-state index in [-0.39, 0.29) is 18.1 Å². The van der Waals surface area contributed by atoms with Crippen molar-refractivity contribution >= 4 is 0 Å². The minimum Gasteiger partial charge on any atom is -0.497 e. The Hall–Kier alpha value is -1.32. The monoisotopic (exact) mass is 302 g/mol. The number of ether oxygens (including phenoxy) is 2. The molecule has 1 aliphatic carbocycles. The van der Waals surface area contributed by atoms with Gasteiger partial charge in [0.15, 0.2) is 0 Å². The summed E-state index contributed by atoms with van der Waals surface area (Å²) < 4.78 is 11.5. The summed E-state index contributed by atoms with van der Waals surface area (Å²) in [7, 11) is 1.68. The molecule has 3 heteroatoms. The molecular weight excluding hydrogens is 276 g/mol. The smallest absolute Gasteiger partial charge is 0.118 e. The minimum absolute atomic E-state index is 0.0596. The van der Waals surface area contributed by atoms with Gasteiger partial charge in [-0.3, -0.25) is 0 Å². The predicted octanol–water partition coefficient (Wildman–Crippen LogP) is 3.59. The number of benzene rings is 1. The molecule has 3 nitrogen and oxygen atoms in total. The number of rotatable bonds is 3. The van der Waals surface area contributed by atoms with E-state index in [2.05, 4.69) is 39.0 Å². The molecule has 1 aliphatic heterocycles. The molecule has 5 atom stereocenters. The van der Waals surface area contributed by atoms with Gasteiger partial charge in [0.25, 0.3) is 0 Å². The summed E-state index contributed by atoms with van der Waals surface area (Å²) in [6.45, 7) is 7.47. The Balaban J connectivity index is 1.97. The van der Waals surface area contributed by atoms with Crippen LogP contribution < -0.4 is 4.74 Å². The second-order valence-corrected chi connectivity index (χ2v) is 6.91. The highest BCUT2D eigenvalue weighted by atomic mass is 16.5. The Kier molecular flexibility index (Phi) is 4.04. The Labute approximate surface area is 132 Å². The lowest BCUT2D eigenvalue weighted by molar-refractivity contribution is -0.165. The summed E-state index contributed by atoms with van der Waals surface area (Å²) in [6, 6.07) is 8.16. The number of aliphatic hydroxyl groups excluding tert-OH is 1. The molecule has 1 aromatic carbocycles. The summed E-state index contributed by atoms with van der Waals surface area (Å²) in [5.41, 5.74) is 2.42. The van der Waals surface area contributed by atoms with Crippen LogP contribution >= 0.6 is 0 Å². The van der Waals surface area contributed by atoms with Crippen molar-refractivity contribution in [2.24, 2.45) is 23.2 Å². The van der Waals surface area contributed by atoms with Crippen molar-refractivity contribution in [2.75, 3.05) is 20.3 Å². The van der Waals surface area contributed by atoms with Crippen LogP contribution in [0.15, 0.2) is 35.9 Å². The second-order valence-electron chi connectivity index (χ2n) is 6.91. The quantitative estimate of drug-likeness (QED) is 0.867. The van der Waals surface area contributed by atoms with E-state index in [9.17, 15) is 5.11 Å². The number of methoxy groups -OCH3 is 1. The number of hydrogen-bond donors (Lipinski definition) is 1. The molecule has 2 aliphatic rings. The van der Waals surface area contributed by atoms with Gasteiger partial charge in [-0.25, -0.2) is 0 Å². The van der Waals surface area contributed by atoms with Gasteiger partial charge in [0.2, 0.25) is 0 Å². The highest BCUT2D eigenvalue weighted by Crippen LogP contribution is 2.55. The molecule has 1 heterocycles. The van der Waals surface area contributed by atoms with Crippen molar-refractivity contribution in [3.63, 3.8) is 0 Å². The van der Waals surface area contributed by atoms with Gasteiger partial charge >= 0.3 is 0 Å². The van der Waals surface area contributed by atoms with Gasteiger partial charge in [0, 0.05) is 11.3 Å². The van der Waals surface area contributed by atoms with Gasteiger partial charge in [-0.1, -0.05) is 37.6 Å². The highest BCUT2D eigenvalue weighted by molar-refractivity contribution is 5.32. The van der Waals surface area contributed by atoms with Crippen LogP contribution in [0.25, 0.3) is 0 Å². The SMILES string of the molecule is COc1ccc([C@H]2OC[C@@]3(CO)[C@@H](C)C=C(C)[C@@H]2[C@@H]3C)cc1. The van der Waals surface area contributed by atoms with Gasteiger partial charge in [0.1, 0.15) is 5.75 Å². The summed E-state index contributed by atoms with van der Waals surface area (Å²) in [6.07, 6.45) is 2.39. The van der Waals surface area contributed by atoms with Crippen molar-refractivity contribution in [2.45, 2.75) is 26.9 Å². The first-order valence-electron chi connectivity index (χ1n) is 8.08. The molecule has 1 fully saturated rings. The average molecular weight is 302 g/mol. The predicted molar refractivity (Wildman–Crippen MR) is 86.8 cm³/mol. The molecule has 1 aromatic rings. The Morgan fingerprint density at radius 1 is 1.27 bits per heavy atom. The van der Waals surface area contributed by atoms with E-state index in [0.29, 0.717) is 24.4 Å². The third-order valence-electron chi connectivity index (χ3n) is 5.99. The molecular formula is C19H26O3. The fourth-order valence-corrected chi connectivity index (χ4v) is 4.38. The van der Waals surface area contributed by atoms with Crippen LogP contribution in [0, 0.1) is 23.2 Å². The van der Waals surface area contributed by atoms with Gasteiger partial charge in [0.05, 0.1) is 26.4 Å². The standard InChI is InChI=1S/C19H26O3/c1-12-9-13(2)19(10-20)11-22-18(17(12)14(19)3)15-5-7-16(21-4)8-6-15/h5-9,13-14,17-18,20H,10-11H2,1-4H3/t13-,14-,17+,18+,19-/m0/s1. The zero-order chi connectivity index (χ0) is 15.9. The van der Waals surface area contributed by atoms with Gasteiger partial charge < -0.3 is 14.6 Å². The first-order valence-corrected chi connectivity index (χ1v) is 8.08. The Morgan fingerprint density at radius 3 is 2.55 bits per heavy atom. The van der Waals surface area contributed by atoms with Crippen molar-refractivity contribution in [3.05, 3.63) is 41.5 Å². The zero-order valence-electron chi connectivity index (χ0n) is 13.9. The summed E-state index contributed by atoms with van der Waals surface area (Å²) in [4.78, 5) is 0. The second kappa shape index (κ2) is 5.71. The maximum atomic E-state index is 10.0. The van der Waals surface area contributed by atoms with Crippen molar-refractivity contribution < 1.29 is 14.6 Å². The van der Waals surface area contributed by atoms with Crippen LogP contribution in [0.1, 0.15) is 32.4 Å². The van der Waals surface area contributed by atoms with Crippen LogP contribution in [0.5, 0.6) is 5.75 Å². The first-order chi connectivity index (χ1) is 10.5. The number of hydrogen-bond acceptors (Lipinski definition) is 3. The van der Waals surface area contributed by atoms with E-state index in [1.54, 1.807) is 7.11 Å². The molecule has 22 heavy (non-hydrogen) atoms. The fraction of sp³-hybridized carbons (Fsp3) is 0.579. The lowest BCUT2D eigenvalue weighted by Gasteiger charge is -2.55. The van der Waals surface area contributed by atoms with Crippen LogP contribution in [0.3, 0.4) is 0 Å². The normalized spacial score (nSPS) is 37.6. The largest absolute Gasteiger partial charge is 0.497 e. The molecule has 1 saturated heterocycles. The molecule has 0 amide bonds. The lowest BCUT2D eigenvalue weighted by atomic mass is 9.56. The van der Waals surface area contributed by atoms with E-state index in [1.165, 1.54) is 11.1 Å². The van der Waals surface area contributed by atoms with E-state index in [4.69, 9.17) is 9.47 Å². The molecule has 0 saturated carbocycles. The molecule has 120 valence electrons. The van der Waals surface area contributed by atoms with Gasteiger partial charge in [-0.05, 0) is 36.5 Å². The van der Waals surface area contributed by atoms with Crippen molar-refractivity contribution in [1.82, 2.24) is 0 Å². The van der Waals surface area contributed by atoms with E-state index < -0.39 is 0 Å². The summed E-state index contributed by atoms with van der Waals surface area (Å²) in [5.74, 6) is 1.94. The molecule has 0 radical (unpaired) electrons. The maximum Gasteiger partial charge on any atom is 0.118 e. The third kappa shape index (κ3) is 2.19. The first kappa shape index (κ1) is 15.6. The Bertz CT molecular complexity index is 563. The summed E-state index contributed by atoms with van der Waals surface area (Å²) >= 11 is 0. The molecule has 2 bridgehead atoms. The lowest BCUT2D eigenvalue weighted by Crippen LogP contribution is -2.53. The number of allylic oxidation sites excluding steroid dienone is 1. The Morgan fingerprint density at radius 2 is 1.95 bits per heavy atom. The highest BCUT2D eigenvalue weighted by Gasteiger charge is 2.53. The third-order valence-corrected chi connectivity index (χ3v) is 5.99. The van der Waals surface area contributed by atoms with Gasteiger partial charge in [-0.15, -0.1) is 0 Å². The molecule has 0 aromatic heterocycles. The number of aliphatic hydroxyl groups is 1. The van der Waals surface area contributed by atoms with Crippen LogP contribution in [0.2, 0.25) is 0 Å². The van der Waals surface area contributed by atoms with E-state index in [0.717, 1.165) is 5.75 Å². The maximum absolute atomic E-state index is 10.0. The van der Waals surface area contributed by atoms with Crippen LogP contribution in [-0.2, 0) is 4.74 Å².